The van der Waals surface area contributed by atoms with E-state index in [1.165, 1.54) is 0 Å². The molecule has 258 valence electrons. The third kappa shape index (κ3) is 5.24. The molecule has 2 atom stereocenters. The minimum absolute atomic E-state index is 0.0402. The van der Waals surface area contributed by atoms with Crippen molar-refractivity contribution in [1.29, 1.82) is 0 Å². The summed E-state index contributed by atoms with van der Waals surface area (Å²) in [7, 11) is 4.02. The highest BCUT2D eigenvalue weighted by Crippen LogP contribution is 2.39. The van der Waals surface area contributed by atoms with Gasteiger partial charge in [0.1, 0.15) is 0 Å². The molecular weight excluding hydrogens is 640 g/mol. The minimum atomic E-state index is -0.840. The van der Waals surface area contributed by atoms with E-state index in [4.69, 9.17) is 9.72 Å². The largest absolute Gasteiger partial charge is 0.446 e. The molecule has 2 fully saturated rings. The van der Waals surface area contributed by atoms with Gasteiger partial charge in [0, 0.05) is 89.3 Å². The Morgan fingerprint density at radius 2 is 1.49 bits per heavy atom. The molecule has 8 rings (SSSR count). The van der Waals surface area contributed by atoms with Crippen LogP contribution in [-0.4, -0.2) is 44.0 Å². The third-order valence-electron chi connectivity index (χ3n) is 11.0. The number of carbonyl (C=O) groups excluding carboxylic acids is 2. The third-order valence-corrected chi connectivity index (χ3v) is 11.0. The number of fused-ring (bicyclic) bond motifs is 2. The van der Waals surface area contributed by atoms with Crippen molar-refractivity contribution in [3.8, 4) is 28.4 Å². The summed E-state index contributed by atoms with van der Waals surface area (Å²) < 4.78 is 10.6. The molecule has 6 heterocycles. The number of benzene rings is 2. The van der Waals surface area contributed by atoms with E-state index in [9.17, 15) is 14.4 Å². The zero-order valence-electron chi connectivity index (χ0n) is 29.4. The molecule has 0 saturated carbocycles. The summed E-state index contributed by atoms with van der Waals surface area (Å²) in [5.74, 6) is 0.230. The zero-order valence-corrected chi connectivity index (χ0v) is 29.4. The summed E-state index contributed by atoms with van der Waals surface area (Å²) in [6.45, 7) is 6.90. The van der Waals surface area contributed by atoms with Gasteiger partial charge in [0.2, 0.25) is 17.7 Å². The average molecular weight is 681 g/mol. The smallest absolute Gasteiger partial charge is 0.252 e. The minimum Gasteiger partial charge on any atom is -0.446 e. The molecule has 0 bridgehead atoms. The molecular formula is C41H40N6O4. The maximum absolute atomic E-state index is 13.3. The number of allylic oxidation sites excluding steroid dienone is 1. The lowest BCUT2D eigenvalue weighted by Gasteiger charge is -2.23. The fraction of sp³-hybridized carbons (Fsp3) is 0.268. The van der Waals surface area contributed by atoms with Crippen molar-refractivity contribution in [1.82, 2.24) is 29.7 Å². The SMILES string of the molecule is CC(=COc1nc(-c2ccc3c(ccn3C)c2)ccc1C1(C)CCNC1=O)c1cn(C)c2ccc(-c3ccc(C4(C)CCNC4=O)c(=O)[nH]3)cc12. The van der Waals surface area contributed by atoms with Gasteiger partial charge in [-0.2, -0.15) is 0 Å². The number of aromatic amines is 1. The van der Waals surface area contributed by atoms with Crippen LogP contribution in [-0.2, 0) is 34.5 Å². The fourth-order valence-corrected chi connectivity index (χ4v) is 7.69. The number of carbonyl (C=O) groups is 2. The normalized spacial score (nSPS) is 20.7. The van der Waals surface area contributed by atoms with Crippen molar-refractivity contribution < 1.29 is 14.3 Å². The van der Waals surface area contributed by atoms with Crippen LogP contribution in [0.3, 0.4) is 0 Å². The molecule has 3 N–H and O–H groups in total. The molecule has 2 unspecified atom stereocenters. The van der Waals surface area contributed by atoms with Gasteiger partial charge in [-0.05, 0) is 87.2 Å². The van der Waals surface area contributed by atoms with Crippen LogP contribution in [0.1, 0.15) is 50.3 Å². The van der Waals surface area contributed by atoms with Crippen molar-refractivity contribution in [2.75, 3.05) is 13.1 Å². The Bertz CT molecular complexity index is 2500. The van der Waals surface area contributed by atoms with Crippen LogP contribution >= 0.6 is 0 Å². The van der Waals surface area contributed by atoms with Crippen molar-refractivity contribution in [2.24, 2.45) is 14.1 Å². The average Bonchev–Trinajstić information content (AvgIpc) is 3.88. The van der Waals surface area contributed by atoms with Crippen molar-refractivity contribution in [3.05, 3.63) is 112 Å². The van der Waals surface area contributed by atoms with Crippen molar-refractivity contribution >= 4 is 39.2 Å². The summed E-state index contributed by atoms with van der Waals surface area (Å²) in [4.78, 5) is 46.9. The molecule has 10 nitrogen and oxygen atoms in total. The van der Waals surface area contributed by atoms with E-state index in [2.05, 4.69) is 61.3 Å². The molecule has 0 radical (unpaired) electrons. The van der Waals surface area contributed by atoms with E-state index < -0.39 is 10.8 Å². The summed E-state index contributed by atoms with van der Waals surface area (Å²) in [5.41, 5.74) is 6.55. The maximum atomic E-state index is 13.3. The molecule has 2 aliphatic rings. The lowest BCUT2D eigenvalue weighted by atomic mass is 9.81. The summed E-state index contributed by atoms with van der Waals surface area (Å²) >= 11 is 0. The first-order chi connectivity index (χ1) is 24.5. The topological polar surface area (TPSA) is 123 Å². The molecule has 2 amide bonds. The Balaban J connectivity index is 1.16. The number of H-pyrrole nitrogens is 1. The number of aryl methyl sites for hydroxylation is 2. The lowest BCUT2D eigenvalue weighted by Crippen LogP contribution is -2.37. The van der Waals surface area contributed by atoms with E-state index in [0.29, 0.717) is 43.1 Å². The van der Waals surface area contributed by atoms with Crippen LogP contribution in [0.25, 0.3) is 49.9 Å². The highest BCUT2D eigenvalue weighted by Gasteiger charge is 2.42. The molecule has 51 heavy (non-hydrogen) atoms. The van der Waals surface area contributed by atoms with Crippen LogP contribution in [0.2, 0.25) is 0 Å². The van der Waals surface area contributed by atoms with Gasteiger partial charge >= 0.3 is 0 Å². The maximum Gasteiger partial charge on any atom is 0.252 e. The molecule has 0 aliphatic carbocycles. The number of ether oxygens (including phenoxy) is 1. The Morgan fingerprint density at radius 3 is 2.20 bits per heavy atom. The van der Waals surface area contributed by atoms with Crippen molar-refractivity contribution in [2.45, 2.75) is 44.4 Å². The monoisotopic (exact) mass is 680 g/mol. The second-order valence-corrected chi connectivity index (χ2v) is 14.3. The first-order valence-electron chi connectivity index (χ1n) is 17.3. The van der Waals surface area contributed by atoms with E-state index in [1.54, 1.807) is 12.3 Å². The van der Waals surface area contributed by atoms with Gasteiger partial charge in [0.25, 0.3) is 5.56 Å². The van der Waals surface area contributed by atoms with Gasteiger partial charge in [0.15, 0.2) is 0 Å². The second kappa shape index (κ2) is 11.9. The van der Waals surface area contributed by atoms with Gasteiger partial charge < -0.3 is 29.5 Å². The van der Waals surface area contributed by atoms with E-state index in [0.717, 1.165) is 55.3 Å². The lowest BCUT2D eigenvalue weighted by molar-refractivity contribution is -0.124. The van der Waals surface area contributed by atoms with Crippen LogP contribution in [0.15, 0.2) is 90.2 Å². The molecule has 2 saturated heterocycles. The summed E-state index contributed by atoms with van der Waals surface area (Å²) in [6, 6.07) is 22.0. The highest BCUT2D eigenvalue weighted by atomic mass is 16.5. The molecule has 6 aromatic rings. The standard InChI is InChI=1S/C41H40N6O4/c1-24(29-22-47(5)35-13-7-26(21-28(29)35)32-10-8-30(36(48)44-32)40(2)15-17-42-38(40)49)23-51-37-31(41(3)16-18-43-39(41)50)9-11-33(45-37)25-6-12-34-27(20-25)14-19-46(34)4/h6-14,19-23H,15-18H2,1-5H3,(H,42,49)(H,43,50)(H,44,48). The number of pyridine rings is 2. The van der Waals surface area contributed by atoms with Crippen molar-refractivity contribution in [3.63, 3.8) is 0 Å². The fourth-order valence-electron chi connectivity index (χ4n) is 7.69. The van der Waals surface area contributed by atoms with Gasteiger partial charge in [-0.25, -0.2) is 4.98 Å². The number of nitrogens with one attached hydrogen (secondary N) is 3. The van der Waals surface area contributed by atoms with Gasteiger partial charge in [0.05, 0.1) is 22.8 Å². The Kier molecular flexibility index (Phi) is 7.52. The number of nitrogens with zero attached hydrogens (tertiary/aromatic N) is 3. The predicted molar refractivity (Wildman–Crippen MR) is 199 cm³/mol. The van der Waals surface area contributed by atoms with Crippen LogP contribution in [0.4, 0.5) is 0 Å². The first kappa shape index (κ1) is 32.3. The predicted octanol–water partition coefficient (Wildman–Crippen LogP) is 6.08. The second-order valence-electron chi connectivity index (χ2n) is 14.3. The quantitative estimate of drug-likeness (QED) is 0.177. The van der Waals surface area contributed by atoms with E-state index in [-0.39, 0.29) is 17.4 Å². The number of aromatic nitrogens is 4. The van der Waals surface area contributed by atoms with E-state index >= 15 is 0 Å². The molecule has 10 heteroatoms. The van der Waals surface area contributed by atoms with Crippen LogP contribution in [0.5, 0.6) is 5.88 Å². The molecule has 4 aromatic heterocycles. The number of rotatable bonds is 7. The summed E-state index contributed by atoms with van der Waals surface area (Å²) in [6.07, 6.45) is 7.02. The number of hydrogen-bond donors (Lipinski definition) is 3. The Morgan fingerprint density at radius 1 is 0.804 bits per heavy atom. The van der Waals surface area contributed by atoms with E-state index in [1.807, 2.05) is 71.4 Å². The Hall–Kier alpha value is -5.90. The molecule has 0 spiro atoms. The zero-order chi connectivity index (χ0) is 35.7. The highest BCUT2D eigenvalue weighted by molar-refractivity contribution is 5.95. The molecule has 2 aromatic carbocycles. The number of amides is 2. The number of hydrogen-bond acceptors (Lipinski definition) is 5. The van der Waals surface area contributed by atoms with Gasteiger partial charge in [-0.3, -0.25) is 14.4 Å². The van der Waals surface area contributed by atoms with Crippen LogP contribution < -0.4 is 20.9 Å². The first-order valence-corrected chi connectivity index (χ1v) is 17.3. The Labute approximate surface area is 295 Å². The van der Waals surface area contributed by atoms with Crippen LogP contribution in [0, 0.1) is 0 Å². The van der Waals surface area contributed by atoms with Gasteiger partial charge in [-0.1, -0.05) is 24.3 Å². The van der Waals surface area contributed by atoms with Gasteiger partial charge in [-0.15, -0.1) is 0 Å². The molecule has 2 aliphatic heterocycles. The summed E-state index contributed by atoms with van der Waals surface area (Å²) in [5, 5.41) is 7.93.